The van der Waals surface area contributed by atoms with Gasteiger partial charge in [-0.3, -0.25) is 4.79 Å². The number of anilines is 1. The van der Waals surface area contributed by atoms with Crippen LogP contribution in [0.3, 0.4) is 0 Å². The zero-order valence-corrected chi connectivity index (χ0v) is 18.8. The molecule has 0 N–H and O–H groups in total. The fourth-order valence-corrected chi connectivity index (χ4v) is 8.74. The molecule has 0 radical (unpaired) electrons. The van der Waals surface area contributed by atoms with Crippen LogP contribution >= 0.6 is 34.4 Å². The highest BCUT2D eigenvalue weighted by Crippen LogP contribution is 2.41. The van der Waals surface area contributed by atoms with Gasteiger partial charge >= 0.3 is 0 Å². The van der Waals surface area contributed by atoms with Crippen LogP contribution in [-0.4, -0.2) is 42.3 Å². The third-order valence-electron chi connectivity index (χ3n) is 5.61. The van der Waals surface area contributed by atoms with E-state index >= 15 is 0 Å². The second kappa shape index (κ2) is 8.02. The Labute approximate surface area is 178 Å². The molecule has 1 amide bonds. The molecule has 0 spiro atoms. The van der Waals surface area contributed by atoms with E-state index in [0.717, 1.165) is 15.7 Å². The van der Waals surface area contributed by atoms with Crippen molar-refractivity contribution in [3.8, 4) is 0 Å². The Bertz CT molecular complexity index is 865. The van der Waals surface area contributed by atoms with E-state index in [0.29, 0.717) is 17.5 Å². The highest BCUT2D eigenvalue weighted by molar-refractivity contribution is 14.1. The van der Waals surface area contributed by atoms with Crippen molar-refractivity contribution in [2.24, 2.45) is 10.9 Å². The second-order valence-corrected chi connectivity index (χ2v) is 12.2. The number of benzene rings is 1. The number of carbonyl (C=O) groups excluding carboxylic acids is 1. The van der Waals surface area contributed by atoms with Crippen LogP contribution in [0.2, 0.25) is 0 Å². The largest absolute Gasteiger partial charge is 0.316 e. The Morgan fingerprint density at radius 2 is 2.04 bits per heavy atom. The summed E-state index contributed by atoms with van der Waals surface area (Å²) in [4.78, 5) is 18.9. The summed E-state index contributed by atoms with van der Waals surface area (Å²) in [6.07, 6.45) is 6.43. The SMILES string of the molecule is O=C(CCC1CCCC1)N=C1SC2CS(=O)(=O)CC2N1c1cccc(I)c1. The fraction of sp³-hybridized carbons (Fsp3) is 0.579. The van der Waals surface area contributed by atoms with Crippen molar-refractivity contribution in [3.63, 3.8) is 0 Å². The maximum absolute atomic E-state index is 12.5. The standard InChI is InChI=1S/C19H23IN2O3S2/c20-14-6-3-7-15(10-14)22-16-11-27(24,25)12-17(16)26-19(22)21-18(23)9-8-13-4-1-2-5-13/h3,6-7,10,13,16-17H,1-2,4-5,8-9,11-12H2. The highest BCUT2D eigenvalue weighted by Gasteiger charge is 2.49. The van der Waals surface area contributed by atoms with Gasteiger partial charge in [0.15, 0.2) is 15.0 Å². The summed E-state index contributed by atoms with van der Waals surface area (Å²) in [5, 5.41) is 0.618. The van der Waals surface area contributed by atoms with Gasteiger partial charge in [0.2, 0.25) is 5.91 Å². The van der Waals surface area contributed by atoms with Gasteiger partial charge in [-0.15, -0.1) is 0 Å². The number of thioether (sulfide) groups is 1. The molecule has 8 heteroatoms. The number of nitrogens with zero attached hydrogens (tertiary/aromatic N) is 2. The molecular formula is C19H23IN2O3S2. The smallest absolute Gasteiger partial charge is 0.248 e. The first-order valence-corrected chi connectivity index (χ1v) is 13.2. The number of aliphatic imine (C=N–C) groups is 1. The van der Waals surface area contributed by atoms with Crippen LogP contribution < -0.4 is 4.90 Å². The van der Waals surface area contributed by atoms with Gasteiger partial charge in [-0.05, 0) is 53.1 Å². The average molecular weight is 518 g/mol. The van der Waals surface area contributed by atoms with Gasteiger partial charge in [-0.1, -0.05) is 43.5 Å². The molecule has 0 bridgehead atoms. The summed E-state index contributed by atoms with van der Waals surface area (Å²) >= 11 is 3.70. The third-order valence-corrected chi connectivity index (χ3v) is 9.50. The number of hydrogen-bond donors (Lipinski definition) is 0. The normalized spacial score (nSPS) is 28.8. The van der Waals surface area contributed by atoms with E-state index < -0.39 is 9.84 Å². The minimum absolute atomic E-state index is 0.0470. The Balaban J connectivity index is 1.55. The molecule has 0 aromatic heterocycles. The molecule has 2 unspecified atom stereocenters. The van der Waals surface area contributed by atoms with Crippen LogP contribution in [0.25, 0.3) is 0 Å². The summed E-state index contributed by atoms with van der Waals surface area (Å²) in [5.74, 6) is 0.883. The molecule has 146 valence electrons. The van der Waals surface area contributed by atoms with Crippen molar-refractivity contribution >= 4 is 61.0 Å². The molecule has 2 saturated heterocycles. The first-order valence-electron chi connectivity index (χ1n) is 9.45. The van der Waals surface area contributed by atoms with Crippen LogP contribution in [0.4, 0.5) is 5.69 Å². The summed E-state index contributed by atoms with van der Waals surface area (Å²) < 4.78 is 25.3. The van der Waals surface area contributed by atoms with Crippen LogP contribution in [0.5, 0.6) is 0 Å². The van der Waals surface area contributed by atoms with Gasteiger partial charge in [0, 0.05) is 20.9 Å². The quantitative estimate of drug-likeness (QED) is 0.567. The van der Waals surface area contributed by atoms with Gasteiger partial charge in [-0.25, -0.2) is 8.42 Å². The maximum atomic E-state index is 12.5. The molecule has 1 aromatic rings. The van der Waals surface area contributed by atoms with Crippen molar-refractivity contribution < 1.29 is 13.2 Å². The number of sulfone groups is 1. The molecule has 5 nitrogen and oxygen atoms in total. The van der Waals surface area contributed by atoms with Crippen LogP contribution in [-0.2, 0) is 14.6 Å². The Kier molecular flexibility index (Phi) is 5.85. The lowest BCUT2D eigenvalue weighted by Crippen LogP contribution is -2.37. The molecule has 2 aliphatic heterocycles. The Morgan fingerprint density at radius 1 is 1.26 bits per heavy atom. The van der Waals surface area contributed by atoms with Gasteiger partial charge < -0.3 is 4.90 Å². The maximum Gasteiger partial charge on any atom is 0.248 e. The topological polar surface area (TPSA) is 66.8 Å². The van der Waals surface area contributed by atoms with E-state index in [1.165, 1.54) is 37.4 Å². The number of hydrogen-bond acceptors (Lipinski definition) is 4. The fourth-order valence-electron chi connectivity index (χ4n) is 4.28. The van der Waals surface area contributed by atoms with Gasteiger partial charge in [-0.2, -0.15) is 4.99 Å². The monoisotopic (exact) mass is 518 g/mol. The first-order chi connectivity index (χ1) is 12.9. The van der Waals surface area contributed by atoms with E-state index in [1.54, 1.807) is 0 Å². The first kappa shape index (κ1) is 19.7. The molecule has 1 aliphatic carbocycles. The zero-order valence-electron chi connectivity index (χ0n) is 15.0. The summed E-state index contributed by atoms with van der Waals surface area (Å²) in [6.45, 7) is 0. The highest BCUT2D eigenvalue weighted by atomic mass is 127. The molecular weight excluding hydrogens is 495 g/mol. The number of amidine groups is 1. The lowest BCUT2D eigenvalue weighted by molar-refractivity contribution is -0.118. The van der Waals surface area contributed by atoms with E-state index in [1.807, 2.05) is 29.2 Å². The van der Waals surface area contributed by atoms with Crippen molar-refractivity contribution in [2.45, 2.75) is 49.8 Å². The van der Waals surface area contributed by atoms with Gasteiger partial charge in [0.05, 0.1) is 17.5 Å². The number of fused-ring (bicyclic) bond motifs is 1. The molecule has 3 aliphatic rings. The minimum Gasteiger partial charge on any atom is -0.316 e. The Hall–Kier alpha value is -0.610. The zero-order chi connectivity index (χ0) is 19.0. The summed E-state index contributed by atoms with van der Waals surface area (Å²) in [6, 6.07) is 7.80. The van der Waals surface area contributed by atoms with Crippen LogP contribution in [0.1, 0.15) is 38.5 Å². The molecule has 1 saturated carbocycles. The van der Waals surface area contributed by atoms with Crippen LogP contribution in [0, 0.1) is 9.49 Å². The predicted octanol–water partition coefficient (Wildman–Crippen LogP) is 3.86. The predicted molar refractivity (Wildman–Crippen MR) is 119 cm³/mol. The van der Waals surface area contributed by atoms with E-state index in [4.69, 9.17) is 0 Å². The number of carbonyl (C=O) groups is 1. The minimum atomic E-state index is -3.03. The molecule has 2 heterocycles. The number of amides is 1. The van der Waals surface area contributed by atoms with E-state index in [9.17, 15) is 13.2 Å². The van der Waals surface area contributed by atoms with Crippen LogP contribution in [0.15, 0.2) is 29.3 Å². The van der Waals surface area contributed by atoms with Crippen molar-refractivity contribution in [2.75, 3.05) is 16.4 Å². The second-order valence-electron chi connectivity index (χ2n) is 7.63. The summed E-state index contributed by atoms with van der Waals surface area (Å²) in [5.41, 5.74) is 0.918. The Morgan fingerprint density at radius 3 is 2.78 bits per heavy atom. The lowest BCUT2D eigenvalue weighted by Gasteiger charge is -2.24. The van der Waals surface area contributed by atoms with Gasteiger partial charge in [0.1, 0.15) is 0 Å². The molecule has 3 fully saturated rings. The van der Waals surface area contributed by atoms with Crippen molar-refractivity contribution in [1.82, 2.24) is 0 Å². The molecule has 1 aromatic carbocycles. The lowest BCUT2D eigenvalue weighted by atomic mass is 10.0. The van der Waals surface area contributed by atoms with Crippen molar-refractivity contribution in [3.05, 3.63) is 27.8 Å². The van der Waals surface area contributed by atoms with Gasteiger partial charge in [0.25, 0.3) is 0 Å². The van der Waals surface area contributed by atoms with Crippen molar-refractivity contribution in [1.29, 1.82) is 0 Å². The molecule has 27 heavy (non-hydrogen) atoms. The number of rotatable bonds is 4. The average Bonchev–Trinajstić information content (AvgIpc) is 3.27. The van der Waals surface area contributed by atoms with E-state index in [2.05, 4.69) is 27.6 Å². The summed E-state index contributed by atoms with van der Waals surface area (Å²) in [7, 11) is -3.03. The van der Waals surface area contributed by atoms with E-state index in [-0.39, 0.29) is 28.7 Å². The molecule has 2 atom stereocenters. The third kappa shape index (κ3) is 4.53. The number of halogens is 1. The molecule has 4 rings (SSSR count).